The Labute approximate surface area is 68.5 Å². The highest BCUT2D eigenvalue weighted by molar-refractivity contribution is 5.90. The van der Waals surface area contributed by atoms with Crippen molar-refractivity contribution in [2.45, 2.75) is 0 Å². The molecule has 5 heteroatoms. The lowest BCUT2D eigenvalue weighted by Gasteiger charge is -2.00. The molecule has 0 saturated heterocycles. The van der Waals surface area contributed by atoms with Gasteiger partial charge in [-0.15, -0.1) is 0 Å². The van der Waals surface area contributed by atoms with Crippen LogP contribution in [-0.4, -0.2) is 11.1 Å². The Morgan fingerprint density at radius 1 is 1.50 bits per heavy atom. The van der Waals surface area contributed by atoms with Crippen LogP contribution in [0.15, 0.2) is 18.2 Å². The molecule has 0 aromatic heterocycles. The molecule has 0 aliphatic carbocycles. The average Bonchev–Trinajstić information content (AvgIpc) is 2.08. The molecule has 0 heterocycles. The van der Waals surface area contributed by atoms with Gasteiger partial charge in [0.15, 0.2) is 0 Å². The van der Waals surface area contributed by atoms with E-state index in [0.717, 1.165) is 0 Å². The molecule has 0 aliphatic heterocycles. The summed E-state index contributed by atoms with van der Waals surface area (Å²) in [4.78, 5) is 14.7. The van der Waals surface area contributed by atoms with Crippen LogP contribution < -0.4 is 11.6 Å². The number of carbonyl (C=O) groups is 1. The van der Waals surface area contributed by atoms with Crippen molar-refractivity contribution in [3.63, 3.8) is 0 Å². The standard InChI is InChI=1S/C7H8N2O3/c8-5-3-4(7(11)12-9)1-2-6(5)10/h1-3,10H,8-9H2. The fraction of sp³-hybridized carbons (Fsp3) is 0. The second-order valence-corrected chi connectivity index (χ2v) is 2.18. The quantitative estimate of drug-likeness (QED) is 0.311. The summed E-state index contributed by atoms with van der Waals surface area (Å²) in [5.74, 6) is 3.87. The normalized spacial score (nSPS) is 9.42. The maximum absolute atomic E-state index is 10.8. The second-order valence-electron chi connectivity index (χ2n) is 2.18. The minimum absolute atomic E-state index is 0.0800. The minimum atomic E-state index is -0.693. The summed E-state index contributed by atoms with van der Waals surface area (Å²) < 4.78 is 0. The van der Waals surface area contributed by atoms with Crippen LogP contribution in [0.1, 0.15) is 10.4 Å². The number of hydrogen-bond acceptors (Lipinski definition) is 5. The van der Waals surface area contributed by atoms with Crippen molar-refractivity contribution in [3.05, 3.63) is 23.8 Å². The number of hydrogen-bond donors (Lipinski definition) is 3. The average molecular weight is 168 g/mol. The maximum Gasteiger partial charge on any atom is 0.356 e. The molecule has 64 valence electrons. The topological polar surface area (TPSA) is 98.6 Å². The van der Waals surface area contributed by atoms with E-state index in [2.05, 4.69) is 10.7 Å². The number of nitrogens with two attached hydrogens (primary N) is 2. The highest BCUT2D eigenvalue weighted by Gasteiger charge is 2.07. The maximum atomic E-state index is 10.8. The van der Waals surface area contributed by atoms with E-state index in [1.807, 2.05) is 0 Å². The number of benzene rings is 1. The predicted octanol–water partition coefficient (Wildman–Crippen LogP) is 0.00490. The Morgan fingerprint density at radius 2 is 2.17 bits per heavy atom. The third kappa shape index (κ3) is 1.46. The molecule has 1 rings (SSSR count). The van der Waals surface area contributed by atoms with Gasteiger partial charge >= 0.3 is 5.97 Å². The molecule has 0 fully saturated rings. The van der Waals surface area contributed by atoms with Gasteiger partial charge < -0.3 is 15.7 Å². The van der Waals surface area contributed by atoms with E-state index in [1.165, 1.54) is 18.2 Å². The molecule has 0 spiro atoms. The second kappa shape index (κ2) is 3.10. The van der Waals surface area contributed by atoms with Crippen LogP contribution in [0.3, 0.4) is 0 Å². The van der Waals surface area contributed by atoms with Crippen LogP contribution in [0.25, 0.3) is 0 Å². The molecule has 1 aromatic rings. The van der Waals surface area contributed by atoms with Gasteiger partial charge in [0.25, 0.3) is 0 Å². The Hall–Kier alpha value is -1.75. The van der Waals surface area contributed by atoms with E-state index in [4.69, 9.17) is 10.8 Å². The van der Waals surface area contributed by atoms with Crippen LogP contribution in [0.5, 0.6) is 5.75 Å². The van der Waals surface area contributed by atoms with Gasteiger partial charge in [-0.05, 0) is 18.2 Å². The number of anilines is 1. The number of carbonyl (C=O) groups excluding carboxylic acids is 1. The number of phenolic OH excluding ortho intramolecular Hbond substituents is 1. The third-order valence-corrected chi connectivity index (χ3v) is 1.37. The van der Waals surface area contributed by atoms with Crippen molar-refractivity contribution >= 4 is 11.7 Å². The summed E-state index contributed by atoms with van der Waals surface area (Å²) in [5.41, 5.74) is 5.63. The van der Waals surface area contributed by atoms with E-state index in [-0.39, 0.29) is 17.0 Å². The lowest BCUT2D eigenvalue weighted by atomic mass is 10.2. The van der Waals surface area contributed by atoms with Crippen LogP contribution in [0.2, 0.25) is 0 Å². The number of rotatable bonds is 1. The summed E-state index contributed by atoms with van der Waals surface area (Å²) in [6, 6.07) is 3.94. The molecule has 0 saturated carbocycles. The predicted molar refractivity (Wildman–Crippen MR) is 42.1 cm³/mol. The van der Waals surface area contributed by atoms with Crippen molar-refractivity contribution in [3.8, 4) is 5.75 Å². The molecule has 0 unspecified atom stereocenters. The first-order chi connectivity index (χ1) is 5.65. The summed E-state index contributed by atoms with van der Waals surface area (Å²) in [6.45, 7) is 0. The van der Waals surface area contributed by atoms with Gasteiger partial charge in [0.05, 0.1) is 11.3 Å². The summed E-state index contributed by atoms with van der Waals surface area (Å²) in [5, 5.41) is 8.99. The van der Waals surface area contributed by atoms with Crippen LogP contribution in [0.4, 0.5) is 5.69 Å². The van der Waals surface area contributed by atoms with Gasteiger partial charge in [-0.2, -0.15) is 5.90 Å². The van der Waals surface area contributed by atoms with Gasteiger partial charge in [0.1, 0.15) is 5.75 Å². The smallest absolute Gasteiger partial charge is 0.356 e. The van der Waals surface area contributed by atoms with E-state index >= 15 is 0 Å². The molecular weight excluding hydrogens is 160 g/mol. The lowest BCUT2D eigenvalue weighted by molar-refractivity contribution is 0.0503. The van der Waals surface area contributed by atoms with Crippen molar-refractivity contribution in [1.29, 1.82) is 0 Å². The molecule has 0 radical (unpaired) electrons. The number of nitrogen functional groups attached to an aromatic ring is 1. The van der Waals surface area contributed by atoms with E-state index in [9.17, 15) is 4.79 Å². The fourth-order valence-electron chi connectivity index (χ4n) is 0.750. The zero-order valence-electron chi connectivity index (χ0n) is 6.15. The molecular formula is C7H8N2O3. The Bertz CT molecular complexity index is 312. The summed E-state index contributed by atoms with van der Waals surface area (Å²) in [7, 11) is 0. The monoisotopic (exact) mass is 168 g/mol. The zero-order valence-corrected chi connectivity index (χ0v) is 6.15. The molecule has 5 nitrogen and oxygen atoms in total. The Kier molecular flexibility index (Phi) is 2.16. The molecule has 0 aliphatic rings. The van der Waals surface area contributed by atoms with Crippen LogP contribution >= 0.6 is 0 Å². The largest absolute Gasteiger partial charge is 0.506 e. The van der Waals surface area contributed by atoms with Gasteiger partial charge in [-0.25, -0.2) is 4.79 Å². The van der Waals surface area contributed by atoms with Crippen molar-refractivity contribution in [2.75, 3.05) is 5.73 Å². The molecule has 0 amide bonds. The van der Waals surface area contributed by atoms with Crippen molar-refractivity contribution < 1.29 is 14.7 Å². The minimum Gasteiger partial charge on any atom is -0.506 e. The first kappa shape index (κ1) is 8.35. The number of aromatic hydroxyl groups is 1. The molecule has 5 N–H and O–H groups in total. The fourth-order valence-corrected chi connectivity index (χ4v) is 0.750. The van der Waals surface area contributed by atoms with Gasteiger partial charge in [-0.3, -0.25) is 0 Å². The molecule has 1 aromatic carbocycles. The van der Waals surface area contributed by atoms with E-state index < -0.39 is 5.97 Å². The van der Waals surface area contributed by atoms with Crippen molar-refractivity contribution in [1.82, 2.24) is 0 Å². The van der Waals surface area contributed by atoms with Gasteiger partial charge in [0, 0.05) is 0 Å². The van der Waals surface area contributed by atoms with Crippen LogP contribution in [-0.2, 0) is 4.84 Å². The Morgan fingerprint density at radius 3 is 2.67 bits per heavy atom. The first-order valence-electron chi connectivity index (χ1n) is 3.14. The summed E-state index contributed by atoms with van der Waals surface area (Å²) in [6.07, 6.45) is 0. The molecule has 12 heavy (non-hydrogen) atoms. The highest BCUT2D eigenvalue weighted by Crippen LogP contribution is 2.20. The summed E-state index contributed by atoms with van der Waals surface area (Å²) >= 11 is 0. The Balaban J connectivity index is 3.05. The molecule has 0 atom stereocenters. The SMILES string of the molecule is NOC(=O)c1ccc(O)c(N)c1. The molecule has 0 bridgehead atoms. The van der Waals surface area contributed by atoms with Crippen LogP contribution in [0, 0.1) is 0 Å². The van der Waals surface area contributed by atoms with E-state index in [0.29, 0.717) is 0 Å². The lowest BCUT2D eigenvalue weighted by Crippen LogP contribution is -2.10. The van der Waals surface area contributed by atoms with E-state index in [1.54, 1.807) is 0 Å². The van der Waals surface area contributed by atoms with Crippen molar-refractivity contribution in [2.24, 2.45) is 5.90 Å². The number of phenols is 1. The highest BCUT2D eigenvalue weighted by atomic mass is 16.7. The third-order valence-electron chi connectivity index (χ3n) is 1.37. The van der Waals surface area contributed by atoms with Gasteiger partial charge in [0.2, 0.25) is 0 Å². The zero-order chi connectivity index (χ0) is 9.14. The van der Waals surface area contributed by atoms with Gasteiger partial charge in [-0.1, -0.05) is 0 Å². The first-order valence-corrected chi connectivity index (χ1v) is 3.14.